The topological polar surface area (TPSA) is 85.2 Å². The molecule has 5 nitrogen and oxygen atoms in total. The molecule has 1 aliphatic rings. The average Bonchev–Trinajstić information content (AvgIpc) is 2.88. The predicted octanol–water partition coefficient (Wildman–Crippen LogP) is 3.33. The molecule has 1 aliphatic heterocycles. The summed E-state index contributed by atoms with van der Waals surface area (Å²) in [7, 11) is -3.71. The fourth-order valence-corrected chi connectivity index (χ4v) is 5.68. The second kappa shape index (κ2) is 4.99. The van der Waals surface area contributed by atoms with Gasteiger partial charge in [0.05, 0.1) is 10.6 Å². The lowest BCUT2D eigenvalue weighted by molar-refractivity contribution is 0.0997. The van der Waals surface area contributed by atoms with Crippen molar-refractivity contribution >= 4 is 58.0 Å². The van der Waals surface area contributed by atoms with Crippen LogP contribution in [0.4, 0.5) is 4.39 Å². The first kappa shape index (κ1) is 15.5. The van der Waals surface area contributed by atoms with E-state index < -0.39 is 19.1 Å². The Morgan fingerprint density at radius 3 is 2.67 bits per heavy atom. The van der Waals surface area contributed by atoms with Crippen LogP contribution in [0.1, 0.15) is 10.5 Å². The first-order valence-corrected chi connectivity index (χ1v) is 9.10. The molecule has 2 heterocycles. The Bertz CT molecular complexity index is 1100. The van der Waals surface area contributed by atoms with Crippen LogP contribution >= 0.6 is 30.6 Å². The van der Waals surface area contributed by atoms with Crippen LogP contribution in [0.3, 0.4) is 0 Å². The van der Waals surface area contributed by atoms with E-state index in [0.717, 1.165) is 6.07 Å². The lowest BCUT2D eigenvalue weighted by Gasteiger charge is -2.31. The number of H-pyrrole nitrogens is 1. The van der Waals surface area contributed by atoms with Crippen molar-refractivity contribution in [2.45, 2.75) is 0 Å². The Balaban J connectivity index is 2.06. The lowest BCUT2D eigenvalue weighted by atomic mass is 10.2. The molecule has 0 bridgehead atoms. The Labute approximate surface area is 145 Å². The summed E-state index contributed by atoms with van der Waals surface area (Å²) in [5.74, 6) is -1.68. The van der Waals surface area contributed by atoms with Gasteiger partial charge in [0.15, 0.2) is 11.6 Å². The van der Waals surface area contributed by atoms with Gasteiger partial charge in [-0.3, -0.25) is 9.36 Å². The maximum Gasteiger partial charge on any atom is 0.313 e. The minimum atomic E-state index is -3.71. The van der Waals surface area contributed by atoms with Crippen molar-refractivity contribution < 1.29 is 18.3 Å². The molecule has 0 radical (unpaired) electrons. The largest absolute Gasteiger partial charge is 0.433 e. The van der Waals surface area contributed by atoms with Gasteiger partial charge in [-0.05, 0) is 30.3 Å². The maximum atomic E-state index is 13.9. The summed E-state index contributed by atoms with van der Waals surface area (Å²) in [6.07, 6.45) is 0. The fourth-order valence-electron chi connectivity index (χ4n) is 2.79. The van der Waals surface area contributed by atoms with Gasteiger partial charge in [-0.15, -0.1) is 0 Å². The van der Waals surface area contributed by atoms with Gasteiger partial charge in [0.25, 0.3) is 5.91 Å². The number of nitrogens with one attached hydrogen (secondary N) is 1. The highest BCUT2D eigenvalue weighted by Crippen LogP contribution is 2.58. The summed E-state index contributed by atoms with van der Waals surface area (Å²) >= 11 is 11.9. The summed E-state index contributed by atoms with van der Waals surface area (Å²) < 4.78 is 32.5. The molecule has 0 aliphatic carbocycles. The zero-order valence-corrected chi connectivity index (χ0v) is 14.2. The van der Waals surface area contributed by atoms with Crippen molar-refractivity contribution in [2.24, 2.45) is 5.73 Å². The molecule has 1 atom stereocenters. The third-order valence-corrected chi connectivity index (χ3v) is 6.71. The van der Waals surface area contributed by atoms with Gasteiger partial charge in [0, 0.05) is 20.9 Å². The molecular formula is C15H8Cl2FN2O3P. The molecule has 0 fully saturated rings. The zero-order chi connectivity index (χ0) is 17.2. The Morgan fingerprint density at radius 2 is 1.96 bits per heavy atom. The number of benzene rings is 2. The number of fused-ring (bicyclic) bond motifs is 2. The molecule has 1 unspecified atom stereocenters. The van der Waals surface area contributed by atoms with E-state index in [1.165, 1.54) is 12.1 Å². The third kappa shape index (κ3) is 2.00. The predicted molar refractivity (Wildman–Crippen MR) is 90.7 cm³/mol. The minimum absolute atomic E-state index is 0.0679. The smallest absolute Gasteiger partial charge is 0.313 e. The van der Waals surface area contributed by atoms with E-state index in [9.17, 15) is 13.8 Å². The van der Waals surface area contributed by atoms with Crippen LogP contribution in [0.2, 0.25) is 10.0 Å². The van der Waals surface area contributed by atoms with Crippen molar-refractivity contribution in [2.75, 3.05) is 0 Å². The van der Waals surface area contributed by atoms with E-state index in [4.69, 9.17) is 33.5 Å². The number of nitrogens with two attached hydrogens (primary N) is 1. The zero-order valence-electron chi connectivity index (χ0n) is 11.8. The normalized spacial score (nSPS) is 18.8. The first-order chi connectivity index (χ1) is 11.3. The van der Waals surface area contributed by atoms with Crippen LogP contribution in [0.5, 0.6) is 5.75 Å². The second-order valence-electron chi connectivity index (χ2n) is 5.28. The molecule has 3 N–H and O–H groups in total. The number of primary amides is 1. The van der Waals surface area contributed by atoms with Crippen LogP contribution in [-0.2, 0) is 4.57 Å². The van der Waals surface area contributed by atoms with Gasteiger partial charge in [-0.1, -0.05) is 23.2 Å². The molecule has 1 aromatic heterocycles. The first-order valence-electron chi connectivity index (χ1n) is 6.72. The van der Waals surface area contributed by atoms with Crippen LogP contribution in [0, 0.1) is 5.82 Å². The highest BCUT2D eigenvalue weighted by atomic mass is 35.5. The summed E-state index contributed by atoms with van der Waals surface area (Å²) in [4.78, 5) is 14.6. The number of rotatable bonds is 2. The van der Waals surface area contributed by atoms with Crippen LogP contribution in [-0.4, -0.2) is 10.9 Å². The quantitative estimate of drug-likeness (QED) is 0.664. The summed E-state index contributed by atoms with van der Waals surface area (Å²) in [5.41, 5.74) is 5.84. The summed E-state index contributed by atoms with van der Waals surface area (Å²) in [6, 6.07) is 7.19. The highest BCUT2D eigenvalue weighted by molar-refractivity contribution is 7.77. The number of aromatic nitrogens is 1. The minimum Gasteiger partial charge on any atom is -0.433 e. The van der Waals surface area contributed by atoms with Crippen molar-refractivity contribution in [3.63, 3.8) is 0 Å². The number of halogens is 3. The van der Waals surface area contributed by atoms with E-state index in [-0.39, 0.29) is 27.1 Å². The Hall–Kier alpha value is -2.01. The molecule has 4 rings (SSSR count). The fraction of sp³-hybridized carbons (Fsp3) is 0. The lowest BCUT2D eigenvalue weighted by Crippen LogP contribution is -2.34. The standard InChI is InChI=1S/C15H8Cl2FN2O3P/c16-6-1-2-10-8(3-6)14(12(20-10)15(19)21)24(22)11-5-7(17)4-9(18)13(11)23-24/h1-5,20H,(H2,19,21). The molecular weight excluding hydrogens is 377 g/mol. The highest BCUT2D eigenvalue weighted by Gasteiger charge is 2.48. The molecule has 1 amide bonds. The van der Waals surface area contributed by atoms with Crippen molar-refractivity contribution in [1.29, 1.82) is 0 Å². The monoisotopic (exact) mass is 384 g/mol. The number of amides is 1. The maximum absolute atomic E-state index is 13.9. The van der Waals surface area contributed by atoms with Crippen molar-refractivity contribution in [3.05, 3.63) is 51.9 Å². The summed E-state index contributed by atoms with van der Waals surface area (Å²) in [6.45, 7) is 0. The SMILES string of the molecule is NC(=O)c1[nH]c2ccc(Cl)cc2c1P1(=O)Oc2c(F)cc(Cl)cc21. The van der Waals surface area contributed by atoms with E-state index in [1.54, 1.807) is 12.1 Å². The molecule has 2 aromatic carbocycles. The molecule has 0 saturated carbocycles. The van der Waals surface area contributed by atoms with Gasteiger partial charge in [0.1, 0.15) is 5.69 Å². The van der Waals surface area contributed by atoms with Crippen LogP contribution < -0.4 is 20.9 Å². The molecule has 3 aromatic rings. The van der Waals surface area contributed by atoms with Crippen molar-refractivity contribution in [3.8, 4) is 5.75 Å². The number of carbonyl (C=O) groups is 1. The molecule has 0 spiro atoms. The van der Waals surface area contributed by atoms with Gasteiger partial charge in [-0.25, -0.2) is 4.39 Å². The summed E-state index contributed by atoms with van der Waals surface area (Å²) in [5, 5.41) is 1.06. The van der Waals surface area contributed by atoms with E-state index in [1.807, 2.05) is 0 Å². The van der Waals surface area contributed by atoms with Gasteiger partial charge in [-0.2, -0.15) is 0 Å². The Kier molecular flexibility index (Phi) is 3.23. The van der Waals surface area contributed by atoms with Crippen molar-refractivity contribution in [1.82, 2.24) is 4.98 Å². The Morgan fingerprint density at radius 1 is 1.21 bits per heavy atom. The second-order valence-corrected chi connectivity index (χ2v) is 8.37. The van der Waals surface area contributed by atoms with Gasteiger partial charge < -0.3 is 15.2 Å². The molecule has 24 heavy (non-hydrogen) atoms. The van der Waals surface area contributed by atoms with Crippen LogP contribution in [0.15, 0.2) is 30.3 Å². The molecule has 9 heteroatoms. The molecule has 0 saturated heterocycles. The van der Waals surface area contributed by atoms with Gasteiger partial charge >= 0.3 is 7.37 Å². The average molecular weight is 385 g/mol. The number of aromatic amines is 1. The van der Waals surface area contributed by atoms with Gasteiger partial charge in [0.2, 0.25) is 0 Å². The number of carbonyl (C=O) groups excluding carboxylic acids is 1. The third-order valence-electron chi connectivity index (χ3n) is 3.80. The van der Waals surface area contributed by atoms with E-state index >= 15 is 0 Å². The molecule has 122 valence electrons. The number of hydrogen-bond donors (Lipinski definition) is 2. The van der Waals surface area contributed by atoms with Crippen LogP contribution in [0.25, 0.3) is 10.9 Å². The number of hydrogen-bond acceptors (Lipinski definition) is 3. The van der Waals surface area contributed by atoms with E-state index in [0.29, 0.717) is 15.9 Å². The van der Waals surface area contributed by atoms with E-state index in [2.05, 4.69) is 4.98 Å².